The van der Waals surface area contributed by atoms with Crippen LogP contribution in [0.1, 0.15) is 47.0 Å². The first-order valence-electron chi connectivity index (χ1n) is 7.20. The number of anilines is 1. The van der Waals surface area contributed by atoms with Crippen molar-refractivity contribution in [1.82, 2.24) is 20.5 Å². The van der Waals surface area contributed by atoms with Crippen LogP contribution >= 0.6 is 0 Å². The molecule has 0 fully saturated rings. The monoisotopic (exact) mass is 285 g/mol. The molecule has 21 heavy (non-hydrogen) atoms. The highest BCUT2D eigenvalue weighted by Gasteiger charge is 2.20. The first kappa shape index (κ1) is 13.6. The number of amides is 1. The molecule has 0 saturated carbocycles. The van der Waals surface area contributed by atoms with Crippen LogP contribution in [0, 0.1) is 6.92 Å². The SMILES string of the molecule is Cc1nc(C(C)NC(=O)c2cccc3c2NCCC3)n[nH]1. The molecule has 1 atom stereocenters. The zero-order valence-electron chi connectivity index (χ0n) is 12.2. The lowest BCUT2D eigenvalue weighted by molar-refractivity contribution is 0.0939. The van der Waals surface area contributed by atoms with Crippen LogP contribution in [-0.4, -0.2) is 27.6 Å². The summed E-state index contributed by atoms with van der Waals surface area (Å²) in [6.45, 7) is 4.62. The van der Waals surface area contributed by atoms with E-state index in [1.54, 1.807) is 0 Å². The molecule has 110 valence electrons. The summed E-state index contributed by atoms with van der Waals surface area (Å²) in [6, 6.07) is 5.62. The maximum Gasteiger partial charge on any atom is 0.253 e. The third-order valence-corrected chi connectivity index (χ3v) is 3.67. The van der Waals surface area contributed by atoms with Gasteiger partial charge in [0.1, 0.15) is 5.82 Å². The van der Waals surface area contributed by atoms with Crippen molar-refractivity contribution in [2.75, 3.05) is 11.9 Å². The molecular formula is C15H19N5O. The summed E-state index contributed by atoms with van der Waals surface area (Å²) in [5.74, 6) is 1.24. The molecule has 0 aliphatic carbocycles. The molecular weight excluding hydrogens is 266 g/mol. The van der Waals surface area contributed by atoms with Crippen molar-refractivity contribution >= 4 is 11.6 Å². The molecule has 1 aliphatic rings. The number of para-hydroxylation sites is 1. The second kappa shape index (κ2) is 5.55. The third-order valence-electron chi connectivity index (χ3n) is 3.67. The van der Waals surface area contributed by atoms with E-state index in [9.17, 15) is 4.79 Å². The number of hydrogen-bond donors (Lipinski definition) is 3. The number of benzene rings is 1. The van der Waals surface area contributed by atoms with Gasteiger partial charge in [0.05, 0.1) is 17.3 Å². The molecule has 1 aromatic heterocycles. The molecule has 1 unspecified atom stereocenters. The summed E-state index contributed by atoms with van der Waals surface area (Å²) >= 11 is 0. The Labute approximate surface area is 123 Å². The maximum absolute atomic E-state index is 12.5. The number of nitrogens with one attached hydrogen (secondary N) is 3. The minimum absolute atomic E-state index is 0.101. The van der Waals surface area contributed by atoms with E-state index in [4.69, 9.17) is 0 Å². The van der Waals surface area contributed by atoms with Crippen molar-refractivity contribution in [3.63, 3.8) is 0 Å². The number of carbonyl (C=O) groups is 1. The van der Waals surface area contributed by atoms with Crippen LogP contribution in [0.3, 0.4) is 0 Å². The number of fused-ring (bicyclic) bond motifs is 1. The lowest BCUT2D eigenvalue weighted by atomic mass is 9.99. The molecule has 1 aliphatic heterocycles. The smallest absolute Gasteiger partial charge is 0.253 e. The fourth-order valence-corrected chi connectivity index (χ4v) is 2.59. The first-order valence-corrected chi connectivity index (χ1v) is 7.20. The van der Waals surface area contributed by atoms with Crippen molar-refractivity contribution in [3.05, 3.63) is 41.0 Å². The third kappa shape index (κ3) is 2.74. The number of H-pyrrole nitrogens is 1. The Hall–Kier alpha value is -2.37. The van der Waals surface area contributed by atoms with Gasteiger partial charge in [-0.1, -0.05) is 12.1 Å². The van der Waals surface area contributed by atoms with Gasteiger partial charge in [0.15, 0.2) is 5.82 Å². The predicted octanol–water partition coefficient (Wildman–Crippen LogP) is 1.96. The molecule has 0 spiro atoms. The Balaban J connectivity index is 1.79. The van der Waals surface area contributed by atoms with Crippen molar-refractivity contribution < 1.29 is 4.79 Å². The number of hydrogen-bond acceptors (Lipinski definition) is 4. The van der Waals surface area contributed by atoms with E-state index in [1.165, 1.54) is 5.56 Å². The standard InChI is InChI=1S/C15H19N5O/c1-9(14-18-10(2)19-20-14)17-15(21)12-7-3-5-11-6-4-8-16-13(11)12/h3,5,7,9,16H,4,6,8H2,1-2H3,(H,17,21)(H,18,19,20). The maximum atomic E-state index is 12.5. The van der Waals surface area contributed by atoms with Gasteiger partial charge in [0, 0.05) is 6.54 Å². The Kier molecular flexibility index (Phi) is 3.60. The van der Waals surface area contributed by atoms with E-state index < -0.39 is 0 Å². The highest BCUT2D eigenvalue weighted by molar-refractivity contribution is 6.00. The topological polar surface area (TPSA) is 82.7 Å². The number of rotatable bonds is 3. The minimum atomic E-state index is -0.234. The minimum Gasteiger partial charge on any atom is -0.384 e. The Morgan fingerprint density at radius 1 is 1.43 bits per heavy atom. The highest BCUT2D eigenvalue weighted by atomic mass is 16.1. The molecule has 6 nitrogen and oxygen atoms in total. The second-order valence-electron chi connectivity index (χ2n) is 5.34. The molecule has 0 saturated heterocycles. The van der Waals surface area contributed by atoms with E-state index in [1.807, 2.05) is 26.0 Å². The molecule has 2 aromatic rings. The number of aromatic nitrogens is 3. The quantitative estimate of drug-likeness (QED) is 0.805. The summed E-state index contributed by atoms with van der Waals surface area (Å²) in [5.41, 5.74) is 2.85. The van der Waals surface area contributed by atoms with Gasteiger partial charge in [0.2, 0.25) is 0 Å². The van der Waals surface area contributed by atoms with Gasteiger partial charge in [0.25, 0.3) is 5.91 Å². The fraction of sp³-hybridized carbons (Fsp3) is 0.400. The van der Waals surface area contributed by atoms with Gasteiger partial charge in [-0.3, -0.25) is 9.89 Å². The summed E-state index contributed by atoms with van der Waals surface area (Å²) in [7, 11) is 0. The molecule has 1 aromatic carbocycles. The number of aromatic amines is 1. The number of aryl methyl sites for hydroxylation is 2. The zero-order valence-corrected chi connectivity index (χ0v) is 12.2. The van der Waals surface area contributed by atoms with Crippen LogP contribution in [-0.2, 0) is 6.42 Å². The van der Waals surface area contributed by atoms with E-state index in [-0.39, 0.29) is 11.9 Å². The predicted molar refractivity (Wildman–Crippen MR) is 80.3 cm³/mol. The van der Waals surface area contributed by atoms with Crippen molar-refractivity contribution in [2.45, 2.75) is 32.7 Å². The average Bonchev–Trinajstić information content (AvgIpc) is 2.93. The summed E-state index contributed by atoms with van der Waals surface area (Å²) in [6.07, 6.45) is 2.12. The lowest BCUT2D eigenvalue weighted by Gasteiger charge is -2.21. The van der Waals surface area contributed by atoms with Crippen molar-refractivity contribution in [2.24, 2.45) is 0 Å². The zero-order chi connectivity index (χ0) is 14.8. The van der Waals surface area contributed by atoms with E-state index in [0.717, 1.165) is 30.9 Å². The van der Waals surface area contributed by atoms with Gasteiger partial charge < -0.3 is 10.6 Å². The average molecular weight is 285 g/mol. The largest absolute Gasteiger partial charge is 0.384 e. The molecule has 0 radical (unpaired) electrons. The molecule has 3 N–H and O–H groups in total. The van der Waals surface area contributed by atoms with Gasteiger partial charge in [-0.15, -0.1) is 0 Å². The van der Waals surface area contributed by atoms with E-state index >= 15 is 0 Å². The van der Waals surface area contributed by atoms with Crippen LogP contribution in [0.2, 0.25) is 0 Å². The normalized spacial score (nSPS) is 15.0. The van der Waals surface area contributed by atoms with E-state index in [2.05, 4.69) is 31.9 Å². The summed E-state index contributed by atoms with van der Waals surface area (Å²) in [5, 5.41) is 13.2. The van der Waals surface area contributed by atoms with Gasteiger partial charge in [-0.05, 0) is 38.3 Å². The van der Waals surface area contributed by atoms with Gasteiger partial charge >= 0.3 is 0 Å². The van der Waals surface area contributed by atoms with Crippen LogP contribution in [0.4, 0.5) is 5.69 Å². The number of carbonyl (C=O) groups excluding carboxylic acids is 1. The Morgan fingerprint density at radius 3 is 3.05 bits per heavy atom. The Morgan fingerprint density at radius 2 is 2.29 bits per heavy atom. The van der Waals surface area contributed by atoms with Gasteiger partial charge in [-0.2, -0.15) is 5.10 Å². The molecule has 6 heteroatoms. The van der Waals surface area contributed by atoms with Crippen LogP contribution in [0.15, 0.2) is 18.2 Å². The number of nitrogens with zero attached hydrogens (tertiary/aromatic N) is 2. The van der Waals surface area contributed by atoms with Gasteiger partial charge in [-0.25, -0.2) is 4.98 Å². The van der Waals surface area contributed by atoms with Crippen molar-refractivity contribution in [3.8, 4) is 0 Å². The molecule has 3 rings (SSSR count). The van der Waals surface area contributed by atoms with E-state index in [0.29, 0.717) is 11.4 Å². The highest BCUT2D eigenvalue weighted by Crippen LogP contribution is 2.26. The Bertz CT molecular complexity index is 664. The van der Waals surface area contributed by atoms with Crippen LogP contribution in [0.25, 0.3) is 0 Å². The second-order valence-corrected chi connectivity index (χ2v) is 5.34. The molecule has 1 amide bonds. The molecule has 0 bridgehead atoms. The summed E-state index contributed by atoms with van der Waals surface area (Å²) in [4.78, 5) is 16.7. The molecule has 2 heterocycles. The lowest BCUT2D eigenvalue weighted by Crippen LogP contribution is -2.29. The summed E-state index contributed by atoms with van der Waals surface area (Å²) < 4.78 is 0. The van der Waals surface area contributed by atoms with Crippen LogP contribution < -0.4 is 10.6 Å². The first-order chi connectivity index (χ1) is 10.1. The fourth-order valence-electron chi connectivity index (χ4n) is 2.59. The van der Waals surface area contributed by atoms with Crippen molar-refractivity contribution in [1.29, 1.82) is 0 Å². The van der Waals surface area contributed by atoms with Crippen LogP contribution in [0.5, 0.6) is 0 Å².